The Morgan fingerprint density at radius 1 is 0.758 bits per heavy atom. The lowest BCUT2D eigenvalue weighted by Gasteiger charge is -2.15. The summed E-state index contributed by atoms with van der Waals surface area (Å²) in [4.78, 5) is 24.0. The van der Waals surface area contributed by atoms with Crippen molar-refractivity contribution in [2.45, 2.75) is 12.4 Å². The van der Waals surface area contributed by atoms with Crippen LogP contribution in [0, 0.1) is 0 Å². The number of para-hydroxylation sites is 1. The van der Waals surface area contributed by atoms with Crippen LogP contribution >= 0.6 is 0 Å². The largest absolute Gasteiger partial charge is 0.478 e. The number of ether oxygens (including phenoxy) is 1. The lowest BCUT2D eigenvalue weighted by molar-refractivity contribution is -0.143. The highest BCUT2D eigenvalue weighted by molar-refractivity contribution is 6.08. The Morgan fingerprint density at radius 3 is 1.85 bits per heavy atom. The second-order valence-electron chi connectivity index (χ2n) is 6.68. The van der Waals surface area contributed by atoms with Gasteiger partial charge in [0.15, 0.2) is 0 Å². The first kappa shape index (κ1) is 23.6. The van der Waals surface area contributed by atoms with Gasteiger partial charge in [0.2, 0.25) is 0 Å². The molecule has 0 saturated heterocycles. The highest BCUT2D eigenvalue weighted by Gasteiger charge is 2.37. The van der Waals surface area contributed by atoms with Gasteiger partial charge in [-0.3, -0.25) is 4.79 Å². The third-order valence-corrected chi connectivity index (χ3v) is 4.30. The summed E-state index contributed by atoms with van der Waals surface area (Å²) in [7, 11) is 0. The van der Waals surface area contributed by atoms with Gasteiger partial charge in [-0.2, -0.15) is 26.3 Å². The van der Waals surface area contributed by atoms with E-state index in [9.17, 15) is 41.0 Å². The van der Waals surface area contributed by atoms with Crippen molar-refractivity contribution >= 4 is 17.6 Å². The zero-order valence-corrected chi connectivity index (χ0v) is 16.3. The van der Waals surface area contributed by atoms with Gasteiger partial charge < -0.3 is 15.2 Å². The number of carbonyl (C=O) groups excluding carboxylic acids is 1. The molecule has 0 spiro atoms. The highest BCUT2D eigenvalue weighted by Crippen LogP contribution is 2.36. The van der Waals surface area contributed by atoms with Crippen LogP contribution in [-0.2, 0) is 12.4 Å². The summed E-state index contributed by atoms with van der Waals surface area (Å²) in [6.45, 7) is 0. The predicted molar refractivity (Wildman–Crippen MR) is 104 cm³/mol. The molecule has 2 N–H and O–H groups in total. The van der Waals surface area contributed by atoms with Gasteiger partial charge in [0.05, 0.1) is 22.4 Å². The Bertz CT molecular complexity index is 1160. The van der Waals surface area contributed by atoms with Gasteiger partial charge in [0.1, 0.15) is 11.5 Å². The van der Waals surface area contributed by atoms with Crippen LogP contribution in [-0.4, -0.2) is 17.0 Å². The zero-order valence-electron chi connectivity index (χ0n) is 16.3. The molecule has 0 aliphatic carbocycles. The van der Waals surface area contributed by atoms with Gasteiger partial charge in [0.25, 0.3) is 5.91 Å². The van der Waals surface area contributed by atoms with Crippen molar-refractivity contribution in [1.82, 2.24) is 0 Å². The highest BCUT2D eigenvalue weighted by atomic mass is 19.4. The molecule has 0 atom stereocenters. The standard InChI is InChI=1S/C22H13F6NO4/c23-21(24,25)13-8-12(9-14(10-13)22(26,27)28)19(30)29-18-11-16(6-7-17(18)20(31)32)33-15-4-2-1-3-5-15/h1-11H,(H,29,30)(H,31,32). The molecule has 33 heavy (non-hydrogen) atoms. The fraction of sp³-hybridized carbons (Fsp3) is 0.0909. The average Bonchev–Trinajstić information content (AvgIpc) is 2.73. The topological polar surface area (TPSA) is 75.6 Å². The molecule has 0 aliphatic rings. The molecule has 5 nitrogen and oxygen atoms in total. The van der Waals surface area contributed by atoms with Gasteiger partial charge in [0, 0.05) is 11.6 Å². The first-order valence-electron chi connectivity index (χ1n) is 9.05. The number of hydrogen-bond donors (Lipinski definition) is 2. The van der Waals surface area contributed by atoms with Gasteiger partial charge in [-0.1, -0.05) is 18.2 Å². The Morgan fingerprint density at radius 2 is 1.33 bits per heavy atom. The summed E-state index contributed by atoms with van der Waals surface area (Å²) in [6.07, 6.45) is -10.3. The minimum atomic E-state index is -5.15. The van der Waals surface area contributed by atoms with Gasteiger partial charge in [-0.25, -0.2) is 4.79 Å². The van der Waals surface area contributed by atoms with Crippen LogP contribution in [0.2, 0.25) is 0 Å². The molecular formula is C22H13F6NO4. The van der Waals surface area contributed by atoms with Crippen molar-refractivity contribution < 1.29 is 45.8 Å². The first-order valence-corrected chi connectivity index (χ1v) is 9.05. The van der Waals surface area contributed by atoms with E-state index in [1.165, 1.54) is 6.07 Å². The van der Waals surface area contributed by atoms with E-state index in [-0.39, 0.29) is 29.6 Å². The number of carbonyl (C=O) groups is 2. The van der Waals surface area contributed by atoms with Crippen LogP contribution in [0.1, 0.15) is 31.8 Å². The molecule has 0 saturated carbocycles. The van der Waals surface area contributed by atoms with Crippen LogP contribution in [0.15, 0.2) is 66.7 Å². The Labute approximate surface area is 182 Å². The molecule has 0 heterocycles. The van der Waals surface area contributed by atoms with E-state index in [1.54, 1.807) is 30.3 Å². The number of carboxylic acid groups (broad SMARTS) is 1. The van der Waals surface area contributed by atoms with Crippen LogP contribution in [0.3, 0.4) is 0 Å². The Kier molecular flexibility index (Phi) is 6.34. The molecule has 3 aromatic rings. The van der Waals surface area contributed by atoms with E-state index in [4.69, 9.17) is 4.74 Å². The van der Waals surface area contributed by atoms with Gasteiger partial charge >= 0.3 is 18.3 Å². The van der Waals surface area contributed by atoms with Crippen molar-refractivity contribution in [2.75, 3.05) is 5.32 Å². The molecule has 3 aromatic carbocycles. The number of aromatic carboxylic acids is 1. The molecule has 0 fully saturated rings. The van der Waals surface area contributed by atoms with Crippen molar-refractivity contribution in [3.63, 3.8) is 0 Å². The number of halogens is 6. The SMILES string of the molecule is O=C(Nc1cc(Oc2ccccc2)ccc1C(=O)O)c1cc(C(F)(F)F)cc(C(F)(F)F)c1. The van der Waals surface area contributed by atoms with E-state index in [0.717, 1.165) is 12.1 Å². The van der Waals surface area contributed by atoms with Crippen LogP contribution in [0.4, 0.5) is 32.0 Å². The molecule has 0 radical (unpaired) electrons. The molecule has 0 bridgehead atoms. The molecule has 3 rings (SSSR count). The van der Waals surface area contributed by atoms with E-state index >= 15 is 0 Å². The molecular weight excluding hydrogens is 456 g/mol. The number of nitrogens with one attached hydrogen (secondary N) is 1. The summed E-state index contributed by atoms with van der Waals surface area (Å²) in [5.41, 5.74) is -5.15. The quantitative estimate of drug-likeness (QED) is 0.420. The van der Waals surface area contributed by atoms with Crippen molar-refractivity contribution in [3.05, 3.63) is 89.0 Å². The summed E-state index contributed by atoms with van der Waals surface area (Å²) < 4.78 is 83.9. The number of amides is 1. The lowest BCUT2D eigenvalue weighted by Crippen LogP contribution is -2.18. The zero-order chi connectivity index (χ0) is 24.4. The fourth-order valence-electron chi connectivity index (χ4n) is 2.78. The molecule has 0 unspecified atom stereocenters. The molecule has 172 valence electrons. The van der Waals surface area contributed by atoms with Crippen LogP contribution < -0.4 is 10.1 Å². The average molecular weight is 469 g/mol. The molecule has 1 amide bonds. The third kappa shape index (κ3) is 5.82. The molecule has 11 heteroatoms. The third-order valence-electron chi connectivity index (χ3n) is 4.30. The molecule has 0 aromatic heterocycles. The minimum Gasteiger partial charge on any atom is -0.478 e. The number of hydrogen-bond acceptors (Lipinski definition) is 3. The van der Waals surface area contributed by atoms with Gasteiger partial charge in [-0.15, -0.1) is 0 Å². The van der Waals surface area contributed by atoms with E-state index in [1.807, 2.05) is 0 Å². The fourth-order valence-corrected chi connectivity index (χ4v) is 2.78. The maximum atomic E-state index is 13.1. The van der Waals surface area contributed by atoms with Crippen molar-refractivity contribution in [2.24, 2.45) is 0 Å². The van der Waals surface area contributed by atoms with E-state index in [0.29, 0.717) is 5.75 Å². The van der Waals surface area contributed by atoms with E-state index in [2.05, 4.69) is 5.32 Å². The monoisotopic (exact) mass is 469 g/mol. The van der Waals surface area contributed by atoms with E-state index < -0.39 is 46.5 Å². The Hall–Kier alpha value is -4.02. The normalized spacial score (nSPS) is 11.7. The number of benzene rings is 3. The van der Waals surface area contributed by atoms with Gasteiger partial charge in [-0.05, 0) is 42.5 Å². The smallest absolute Gasteiger partial charge is 0.416 e. The number of carboxylic acids is 1. The summed E-state index contributed by atoms with van der Waals surface area (Å²) in [5.74, 6) is -2.42. The lowest BCUT2D eigenvalue weighted by atomic mass is 10.0. The summed E-state index contributed by atoms with van der Waals surface area (Å²) in [5, 5.41) is 11.4. The number of rotatable bonds is 5. The second kappa shape index (κ2) is 8.85. The number of anilines is 1. The maximum absolute atomic E-state index is 13.1. The maximum Gasteiger partial charge on any atom is 0.416 e. The Balaban J connectivity index is 1.99. The number of alkyl halides is 6. The first-order chi connectivity index (χ1) is 15.3. The predicted octanol–water partition coefficient (Wildman–Crippen LogP) is 6.47. The summed E-state index contributed by atoms with van der Waals surface area (Å²) >= 11 is 0. The summed E-state index contributed by atoms with van der Waals surface area (Å²) in [6, 6.07) is 12.0. The minimum absolute atomic E-state index is 0.0709. The van der Waals surface area contributed by atoms with Crippen LogP contribution in [0.5, 0.6) is 11.5 Å². The molecule has 0 aliphatic heterocycles. The van der Waals surface area contributed by atoms with Crippen molar-refractivity contribution in [3.8, 4) is 11.5 Å². The van der Waals surface area contributed by atoms with Crippen molar-refractivity contribution in [1.29, 1.82) is 0 Å². The van der Waals surface area contributed by atoms with Crippen LogP contribution in [0.25, 0.3) is 0 Å². The second-order valence-corrected chi connectivity index (χ2v) is 6.68.